The molecule has 1 amide bonds. The number of rotatable bonds is 5. The number of likely N-dealkylation sites (tertiary alicyclic amines) is 1. The minimum absolute atomic E-state index is 0.0668. The Morgan fingerprint density at radius 3 is 2.94 bits per heavy atom. The molecule has 162 valence electrons. The first-order valence-corrected chi connectivity index (χ1v) is 11.3. The summed E-state index contributed by atoms with van der Waals surface area (Å²) in [5.41, 5.74) is 3.68. The van der Waals surface area contributed by atoms with Crippen LogP contribution < -0.4 is 9.47 Å². The Hall–Kier alpha value is -2.84. The van der Waals surface area contributed by atoms with Crippen molar-refractivity contribution >= 4 is 17.2 Å². The number of carbonyl (C=O) groups excluding carboxylic acids is 1. The highest BCUT2D eigenvalue weighted by Gasteiger charge is 2.42. The molecule has 0 spiro atoms. The Balaban J connectivity index is 1.65. The van der Waals surface area contributed by atoms with Crippen molar-refractivity contribution in [2.45, 2.75) is 31.9 Å². The van der Waals surface area contributed by atoms with E-state index in [9.17, 15) is 4.79 Å². The van der Waals surface area contributed by atoms with Crippen LogP contribution in [0.15, 0.2) is 35.0 Å². The van der Waals surface area contributed by atoms with E-state index < -0.39 is 0 Å². The van der Waals surface area contributed by atoms with Crippen LogP contribution in [0, 0.1) is 0 Å². The number of carbonyl (C=O) groups is 1. The summed E-state index contributed by atoms with van der Waals surface area (Å²) in [5, 5.41) is 8.87. The minimum atomic E-state index is -0.328. The molecule has 5 rings (SSSR count). The van der Waals surface area contributed by atoms with E-state index in [-0.39, 0.29) is 18.1 Å². The van der Waals surface area contributed by atoms with Crippen LogP contribution in [-0.2, 0) is 11.3 Å². The molecule has 1 saturated heterocycles. The van der Waals surface area contributed by atoms with E-state index in [1.54, 1.807) is 25.6 Å². The third kappa shape index (κ3) is 3.21. The zero-order valence-electron chi connectivity index (χ0n) is 17.9. The van der Waals surface area contributed by atoms with Gasteiger partial charge in [-0.05, 0) is 43.3 Å². The lowest BCUT2D eigenvalue weighted by Crippen LogP contribution is -2.48. The third-order valence-electron chi connectivity index (χ3n) is 6.20. The lowest BCUT2D eigenvalue weighted by Gasteiger charge is -2.34. The number of methoxy groups -OCH3 is 2. The number of fused-ring (bicyclic) bond motifs is 3. The van der Waals surface area contributed by atoms with Crippen LogP contribution in [0.25, 0.3) is 16.9 Å². The number of amides is 1. The van der Waals surface area contributed by atoms with Crippen LogP contribution >= 0.6 is 11.3 Å². The topological polar surface area (TPSA) is 65.8 Å². The summed E-state index contributed by atoms with van der Waals surface area (Å²) >= 11 is 1.60. The fourth-order valence-electron chi connectivity index (χ4n) is 4.65. The van der Waals surface area contributed by atoms with Crippen molar-refractivity contribution < 1.29 is 19.0 Å². The van der Waals surface area contributed by atoms with Crippen LogP contribution in [-0.4, -0.2) is 53.5 Å². The Morgan fingerprint density at radius 2 is 2.19 bits per heavy atom. The van der Waals surface area contributed by atoms with Gasteiger partial charge in [0.2, 0.25) is 0 Å². The number of hydrogen-bond donors (Lipinski definition) is 0. The predicted molar refractivity (Wildman–Crippen MR) is 118 cm³/mol. The normalized spacial score (nSPS) is 19.6. The highest BCUT2D eigenvalue weighted by Crippen LogP contribution is 2.43. The van der Waals surface area contributed by atoms with Gasteiger partial charge in [-0.1, -0.05) is 0 Å². The molecule has 2 aliphatic rings. The van der Waals surface area contributed by atoms with Crippen molar-refractivity contribution in [1.29, 1.82) is 0 Å². The van der Waals surface area contributed by atoms with E-state index in [1.165, 1.54) is 0 Å². The molecule has 1 fully saturated rings. The first kappa shape index (κ1) is 20.1. The molecule has 3 aromatic rings. The molecule has 0 saturated carbocycles. The summed E-state index contributed by atoms with van der Waals surface area (Å²) in [6.45, 7) is 3.58. The maximum absolute atomic E-state index is 13.7. The fraction of sp³-hybridized carbons (Fsp3) is 0.391. The number of ether oxygens (including phenoxy) is 3. The van der Waals surface area contributed by atoms with E-state index in [4.69, 9.17) is 19.3 Å². The summed E-state index contributed by atoms with van der Waals surface area (Å²) in [4.78, 5) is 15.6. The van der Waals surface area contributed by atoms with Gasteiger partial charge in [0.15, 0.2) is 5.69 Å². The van der Waals surface area contributed by atoms with Gasteiger partial charge in [-0.2, -0.15) is 16.4 Å². The van der Waals surface area contributed by atoms with Crippen LogP contribution in [0.1, 0.15) is 35.8 Å². The van der Waals surface area contributed by atoms with E-state index in [1.807, 2.05) is 44.6 Å². The van der Waals surface area contributed by atoms with E-state index >= 15 is 0 Å². The van der Waals surface area contributed by atoms with Gasteiger partial charge in [-0.15, -0.1) is 0 Å². The van der Waals surface area contributed by atoms with Gasteiger partial charge in [0.25, 0.3) is 5.91 Å². The van der Waals surface area contributed by atoms with Gasteiger partial charge >= 0.3 is 0 Å². The predicted octanol–water partition coefficient (Wildman–Crippen LogP) is 4.14. The SMILES string of the molecule is COCC1(C)CCCN1C(=O)c1nn(-c2ccsc2)c2c1COc1cc(OC)ccc1-2. The Bertz CT molecular complexity index is 1120. The molecule has 0 aliphatic carbocycles. The largest absolute Gasteiger partial charge is 0.497 e. The molecular formula is C23H25N3O4S. The second-order valence-corrected chi connectivity index (χ2v) is 8.99. The average Bonchev–Trinajstić information content (AvgIpc) is 3.51. The summed E-state index contributed by atoms with van der Waals surface area (Å²) < 4.78 is 18.7. The summed E-state index contributed by atoms with van der Waals surface area (Å²) in [6, 6.07) is 7.76. The number of aromatic nitrogens is 2. The molecule has 1 unspecified atom stereocenters. The molecule has 4 heterocycles. The Morgan fingerprint density at radius 1 is 1.32 bits per heavy atom. The summed E-state index contributed by atoms with van der Waals surface area (Å²) in [7, 11) is 3.31. The minimum Gasteiger partial charge on any atom is -0.497 e. The lowest BCUT2D eigenvalue weighted by molar-refractivity contribution is 0.0359. The lowest BCUT2D eigenvalue weighted by atomic mass is 9.98. The fourth-order valence-corrected chi connectivity index (χ4v) is 5.27. The van der Waals surface area contributed by atoms with Crippen molar-refractivity contribution in [3.05, 3.63) is 46.3 Å². The van der Waals surface area contributed by atoms with Crippen molar-refractivity contribution in [2.75, 3.05) is 27.4 Å². The molecule has 0 bridgehead atoms. The van der Waals surface area contributed by atoms with Crippen molar-refractivity contribution in [3.8, 4) is 28.4 Å². The van der Waals surface area contributed by atoms with Crippen molar-refractivity contribution in [1.82, 2.24) is 14.7 Å². The molecule has 7 nitrogen and oxygen atoms in total. The number of benzene rings is 1. The van der Waals surface area contributed by atoms with Gasteiger partial charge in [-0.3, -0.25) is 4.79 Å². The van der Waals surface area contributed by atoms with Crippen LogP contribution in [0.5, 0.6) is 11.5 Å². The molecule has 1 atom stereocenters. The van der Waals surface area contributed by atoms with E-state index in [0.29, 0.717) is 18.8 Å². The van der Waals surface area contributed by atoms with Crippen LogP contribution in [0.3, 0.4) is 0 Å². The maximum Gasteiger partial charge on any atom is 0.275 e. The van der Waals surface area contributed by atoms with E-state index in [2.05, 4.69) is 6.92 Å². The third-order valence-corrected chi connectivity index (χ3v) is 6.87. The number of nitrogens with zero attached hydrogens (tertiary/aromatic N) is 3. The monoisotopic (exact) mass is 439 g/mol. The number of hydrogen-bond acceptors (Lipinski definition) is 6. The second kappa shape index (κ2) is 7.69. The summed E-state index contributed by atoms with van der Waals surface area (Å²) in [6.07, 6.45) is 1.87. The second-order valence-electron chi connectivity index (χ2n) is 8.21. The molecule has 8 heteroatoms. The van der Waals surface area contributed by atoms with E-state index in [0.717, 1.165) is 46.8 Å². The molecule has 0 radical (unpaired) electrons. The molecular weight excluding hydrogens is 414 g/mol. The zero-order chi connectivity index (χ0) is 21.6. The quantitative estimate of drug-likeness (QED) is 0.598. The molecule has 1 aromatic carbocycles. The smallest absolute Gasteiger partial charge is 0.275 e. The van der Waals surface area contributed by atoms with Crippen LogP contribution in [0.2, 0.25) is 0 Å². The first-order valence-electron chi connectivity index (χ1n) is 10.3. The molecule has 2 aliphatic heterocycles. The van der Waals surface area contributed by atoms with Gasteiger partial charge in [-0.25, -0.2) is 4.68 Å². The van der Waals surface area contributed by atoms with Crippen LogP contribution in [0.4, 0.5) is 0 Å². The molecule has 2 aromatic heterocycles. The standard InChI is InChI=1S/C23H25N3O4S/c1-23(14-28-2)8-4-9-25(23)22(27)20-18-12-30-19-11-16(29-3)5-6-17(19)21(18)26(24-20)15-7-10-31-13-15/h5-7,10-11,13H,4,8-9,12,14H2,1-3H3. The van der Waals surface area contributed by atoms with Crippen molar-refractivity contribution in [2.24, 2.45) is 0 Å². The first-order chi connectivity index (χ1) is 15.1. The Labute approximate surface area is 185 Å². The van der Waals surface area contributed by atoms with Gasteiger partial charge in [0.05, 0.1) is 30.6 Å². The van der Waals surface area contributed by atoms with Gasteiger partial charge < -0.3 is 19.1 Å². The zero-order valence-corrected chi connectivity index (χ0v) is 18.7. The Kier molecular flexibility index (Phi) is 4.98. The van der Waals surface area contributed by atoms with Gasteiger partial charge in [0.1, 0.15) is 18.1 Å². The average molecular weight is 440 g/mol. The van der Waals surface area contributed by atoms with Gasteiger partial charge in [0, 0.05) is 36.2 Å². The number of thiophene rings is 1. The highest BCUT2D eigenvalue weighted by atomic mass is 32.1. The molecule has 0 N–H and O–H groups in total. The van der Waals surface area contributed by atoms with Crippen molar-refractivity contribution in [3.63, 3.8) is 0 Å². The summed E-state index contributed by atoms with van der Waals surface area (Å²) in [5.74, 6) is 1.39. The highest BCUT2D eigenvalue weighted by molar-refractivity contribution is 7.08. The molecule has 31 heavy (non-hydrogen) atoms. The maximum atomic E-state index is 13.7.